The molecule has 0 unspecified atom stereocenters. The Labute approximate surface area is 185 Å². The number of carbonyl (C=O) groups excluding carboxylic acids is 2. The number of nitrogens with one attached hydrogen (secondary N) is 2. The molecule has 0 spiro atoms. The van der Waals surface area contributed by atoms with Crippen molar-refractivity contribution in [3.05, 3.63) is 94.8 Å². The van der Waals surface area contributed by atoms with Crippen molar-refractivity contribution in [2.24, 2.45) is 0 Å². The maximum Gasteiger partial charge on any atom is 0.326 e. The molecular weight excluding hydrogens is 417 g/mol. The molecule has 0 heterocycles. The van der Waals surface area contributed by atoms with Gasteiger partial charge in [0.15, 0.2) is 0 Å². The number of rotatable bonds is 7. The third-order valence-corrected chi connectivity index (χ3v) is 4.93. The molecule has 3 amide bonds. The molecule has 0 saturated carbocycles. The van der Waals surface area contributed by atoms with Gasteiger partial charge in [-0.1, -0.05) is 35.9 Å². The van der Waals surface area contributed by atoms with Crippen LogP contribution in [0.1, 0.15) is 22.3 Å². The molecule has 0 aliphatic rings. The van der Waals surface area contributed by atoms with Gasteiger partial charge in [-0.05, 0) is 67.4 Å². The Morgan fingerprint density at radius 2 is 1.74 bits per heavy atom. The fourth-order valence-electron chi connectivity index (χ4n) is 3.09. The average Bonchev–Trinajstić information content (AvgIpc) is 2.75. The van der Waals surface area contributed by atoms with E-state index in [1.54, 1.807) is 42.5 Å². The topological polar surface area (TPSA) is 61.4 Å². The van der Waals surface area contributed by atoms with E-state index in [9.17, 15) is 14.0 Å². The lowest BCUT2D eigenvalue weighted by Gasteiger charge is -2.23. The lowest BCUT2D eigenvalue weighted by Crippen LogP contribution is -2.37. The van der Waals surface area contributed by atoms with Crippen molar-refractivity contribution in [2.45, 2.75) is 13.3 Å². The zero-order valence-corrected chi connectivity index (χ0v) is 17.8. The molecule has 3 aromatic rings. The van der Waals surface area contributed by atoms with Gasteiger partial charge in [0.25, 0.3) is 5.91 Å². The molecule has 7 heteroatoms. The molecule has 0 radical (unpaired) electrons. The van der Waals surface area contributed by atoms with Gasteiger partial charge in [-0.3, -0.25) is 9.69 Å². The second-order valence-corrected chi connectivity index (χ2v) is 7.43. The summed E-state index contributed by atoms with van der Waals surface area (Å²) in [5.74, 6) is -0.542. The summed E-state index contributed by atoms with van der Waals surface area (Å²) in [6, 6.07) is 19.5. The molecule has 160 valence electrons. The maximum atomic E-state index is 13.4. The highest BCUT2D eigenvalue weighted by Gasteiger charge is 2.16. The van der Waals surface area contributed by atoms with Gasteiger partial charge in [-0.2, -0.15) is 0 Å². The van der Waals surface area contributed by atoms with Crippen LogP contribution in [0.2, 0.25) is 5.02 Å². The Hall–Kier alpha value is -3.38. The van der Waals surface area contributed by atoms with Crippen LogP contribution in [0, 0.1) is 12.7 Å². The predicted octanol–water partition coefficient (Wildman–Crippen LogP) is 5.65. The number of hydrogen-bond donors (Lipinski definition) is 2. The summed E-state index contributed by atoms with van der Waals surface area (Å²) >= 11 is 5.99. The fourth-order valence-corrected chi connectivity index (χ4v) is 3.28. The van der Waals surface area contributed by atoms with Gasteiger partial charge in [-0.15, -0.1) is 0 Å². The van der Waals surface area contributed by atoms with Crippen LogP contribution in [-0.2, 0) is 0 Å². The Morgan fingerprint density at radius 1 is 1.00 bits per heavy atom. The molecule has 0 bridgehead atoms. The second-order valence-electron chi connectivity index (χ2n) is 6.99. The smallest absolute Gasteiger partial charge is 0.326 e. The van der Waals surface area contributed by atoms with E-state index in [-0.39, 0.29) is 17.8 Å². The summed E-state index contributed by atoms with van der Waals surface area (Å²) in [6.45, 7) is 2.59. The standard InChI is InChI=1S/C24H23ClFN3O2/c1-17-6-2-3-9-22(17)23(30)27-14-5-15-29(21-12-10-19(26)11-13-21)24(31)28-20-8-4-7-18(25)16-20/h2-4,6-13,16H,5,14-15H2,1H3,(H,27,30)(H,28,31). The molecule has 0 saturated heterocycles. The van der Waals surface area contributed by atoms with Crippen LogP contribution in [0.15, 0.2) is 72.8 Å². The molecule has 5 nitrogen and oxygen atoms in total. The number of carbonyl (C=O) groups is 2. The summed E-state index contributed by atoms with van der Waals surface area (Å²) < 4.78 is 13.4. The van der Waals surface area contributed by atoms with E-state index >= 15 is 0 Å². The summed E-state index contributed by atoms with van der Waals surface area (Å²) in [6.07, 6.45) is 0.512. The van der Waals surface area contributed by atoms with Crippen LogP contribution in [-0.4, -0.2) is 25.0 Å². The summed E-state index contributed by atoms with van der Waals surface area (Å²) in [5.41, 5.74) is 2.62. The number of aryl methyl sites for hydroxylation is 1. The molecular formula is C24H23ClFN3O2. The van der Waals surface area contributed by atoms with Crippen molar-refractivity contribution in [2.75, 3.05) is 23.3 Å². The van der Waals surface area contributed by atoms with Crippen molar-refractivity contribution in [1.82, 2.24) is 5.32 Å². The van der Waals surface area contributed by atoms with Crippen molar-refractivity contribution < 1.29 is 14.0 Å². The fraction of sp³-hybridized carbons (Fsp3) is 0.167. The Balaban J connectivity index is 1.64. The minimum Gasteiger partial charge on any atom is -0.352 e. The minimum absolute atomic E-state index is 0.158. The van der Waals surface area contributed by atoms with Crippen molar-refractivity contribution >= 4 is 34.9 Å². The number of urea groups is 1. The molecule has 0 aliphatic heterocycles. The highest BCUT2D eigenvalue weighted by atomic mass is 35.5. The third kappa shape index (κ3) is 6.30. The van der Waals surface area contributed by atoms with Crippen LogP contribution < -0.4 is 15.5 Å². The van der Waals surface area contributed by atoms with Crippen LogP contribution in [0.5, 0.6) is 0 Å². The van der Waals surface area contributed by atoms with Crippen LogP contribution in [0.25, 0.3) is 0 Å². The van der Waals surface area contributed by atoms with E-state index in [2.05, 4.69) is 10.6 Å². The Bertz CT molecular complexity index is 1060. The first-order valence-corrected chi connectivity index (χ1v) is 10.3. The molecule has 31 heavy (non-hydrogen) atoms. The van der Waals surface area contributed by atoms with E-state index in [1.165, 1.54) is 17.0 Å². The molecule has 3 aromatic carbocycles. The summed E-state index contributed by atoms with van der Waals surface area (Å²) in [4.78, 5) is 26.8. The molecule has 3 rings (SSSR count). The van der Waals surface area contributed by atoms with Crippen molar-refractivity contribution in [1.29, 1.82) is 0 Å². The minimum atomic E-state index is -0.385. The quantitative estimate of drug-likeness (QED) is 0.467. The highest BCUT2D eigenvalue weighted by Crippen LogP contribution is 2.19. The largest absolute Gasteiger partial charge is 0.352 e. The van der Waals surface area contributed by atoms with Gasteiger partial charge in [0.1, 0.15) is 5.82 Å². The van der Waals surface area contributed by atoms with Gasteiger partial charge in [0.05, 0.1) is 0 Å². The van der Waals surface area contributed by atoms with E-state index in [0.29, 0.717) is 41.5 Å². The first-order valence-electron chi connectivity index (χ1n) is 9.87. The third-order valence-electron chi connectivity index (χ3n) is 4.69. The van der Waals surface area contributed by atoms with E-state index in [4.69, 9.17) is 11.6 Å². The number of halogens is 2. The number of anilines is 2. The van der Waals surface area contributed by atoms with Gasteiger partial charge in [0.2, 0.25) is 0 Å². The van der Waals surface area contributed by atoms with E-state index in [1.807, 2.05) is 25.1 Å². The molecule has 0 fully saturated rings. The number of nitrogens with zero attached hydrogens (tertiary/aromatic N) is 1. The first kappa shape index (κ1) is 22.3. The summed E-state index contributed by atoms with van der Waals surface area (Å²) in [7, 11) is 0. The molecule has 0 aromatic heterocycles. The van der Waals surface area contributed by atoms with Crippen molar-refractivity contribution in [3.8, 4) is 0 Å². The van der Waals surface area contributed by atoms with Gasteiger partial charge in [-0.25, -0.2) is 9.18 Å². The lowest BCUT2D eigenvalue weighted by atomic mass is 10.1. The first-order chi connectivity index (χ1) is 14.9. The Kier molecular flexibility index (Phi) is 7.62. The zero-order valence-electron chi connectivity index (χ0n) is 17.1. The van der Waals surface area contributed by atoms with E-state index < -0.39 is 0 Å². The predicted molar refractivity (Wildman–Crippen MR) is 122 cm³/mol. The van der Waals surface area contributed by atoms with Crippen molar-refractivity contribution in [3.63, 3.8) is 0 Å². The second kappa shape index (κ2) is 10.6. The number of benzene rings is 3. The summed E-state index contributed by atoms with van der Waals surface area (Å²) in [5, 5.41) is 6.18. The van der Waals surface area contributed by atoms with Crippen LogP contribution >= 0.6 is 11.6 Å². The maximum absolute atomic E-state index is 13.4. The van der Waals surface area contributed by atoms with Gasteiger partial charge < -0.3 is 10.6 Å². The molecule has 2 N–H and O–H groups in total. The zero-order chi connectivity index (χ0) is 22.2. The lowest BCUT2D eigenvalue weighted by molar-refractivity contribution is 0.0953. The normalized spacial score (nSPS) is 10.4. The van der Waals surface area contributed by atoms with Gasteiger partial charge in [0, 0.05) is 35.1 Å². The highest BCUT2D eigenvalue weighted by molar-refractivity contribution is 6.30. The molecule has 0 aliphatic carbocycles. The van der Waals surface area contributed by atoms with E-state index in [0.717, 1.165) is 5.56 Å². The monoisotopic (exact) mass is 439 g/mol. The number of amides is 3. The molecule has 0 atom stereocenters. The SMILES string of the molecule is Cc1ccccc1C(=O)NCCCN(C(=O)Nc1cccc(Cl)c1)c1ccc(F)cc1. The van der Waals surface area contributed by atoms with Crippen LogP contribution in [0.3, 0.4) is 0 Å². The Morgan fingerprint density at radius 3 is 2.45 bits per heavy atom. The van der Waals surface area contributed by atoms with Crippen LogP contribution in [0.4, 0.5) is 20.6 Å². The average molecular weight is 440 g/mol. The number of hydrogen-bond acceptors (Lipinski definition) is 2. The van der Waals surface area contributed by atoms with Gasteiger partial charge >= 0.3 is 6.03 Å².